The van der Waals surface area contributed by atoms with Crippen LogP contribution in [0.15, 0.2) is 11.0 Å². The fourth-order valence-electron chi connectivity index (χ4n) is 1.47. The Morgan fingerprint density at radius 3 is 2.21 bits per heavy atom. The number of rotatable bonds is 3. The molecule has 2 nitrogen and oxygen atoms in total. The lowest BCUT2D eigenvalue weighted by atomic mass is 10.2. The van der Waals surface area contributed by atoms with E-state index in [0.717, 1.165) is 5.69 Å². The molecule has 1 rings (SSSR count). The van der Waals surface area contributed by atoms with Crippen molar-refractivity contribution >= 4 is 37.7 Å². The second kappa shape index (κ2) is 4.90. The van der Waals surface area contributed by atoms with Crippen molar-refractivity contribution < 1.29 is 0 Å². The fourth-order valence-corrected chi connectivity index (χ4v) is 2.74. The van der Waals surface area contributed by atoms with Crippen molar-refractivity contribution in [2.75, 3.05) is 31.0 Å². The molecular weight excluding hydrogens is 211 g/mol. The summed E-state index contributed by atoms with van der Waals surface area (Å²) < 4.78 is 0. The SMILES string of the molecule is CNc1cc(NC)c(SC)c(C)c1P. The Balaban J connectivity index is 3.38. The first-order chi connectivity index (χ1) is 6.65. The first-order valence-electron chi connectivity index (χ1n) is 4.48. The van der Waals surface area contributed by atoms with Crippen LogP contribution in [0.25, 0.3) is 0 Å². The van der Waals surface area contributed by atoms with Gasteiger partial charge in [0.2, 0.25) is 0 Å². The summed E-state index contributed by atoms with van der Waals surface area (Å²) >= 11 is 1.78. The second-order valence-electron chi connectivity index (χ2n) is 3.04. The third kappa shape index (κ3) is 1.99. The van der Waals surface area contributed by atoms with Crippen LogP contribution in [0.2, 0.25) is 0 Å². The van der Waals surface area contributed by atoms with E-state index < -0.39 is 0 Å². The normalized spacial score (nSPS) is 10.1. The standard InChI is InChI=1S/C10H17N2PS/c1-6-9(13)7(11-2)5-8(12-3)10(6)14-4/h5,11-12H,13H2,1-4H3. The summed E-state index contributed by atoms with van der Waals surface area (Å²) in [6.07, 6.45) is 2.10. The molecule has 0 saturated heterocycles. The van der Waals surface area contributed by atoms with Gasteiger partial charge in [0.05, 0.1) is 0 Å². The molecule has 0 saturated carbocycles. The molecule has 0 spiro atoms. The maximum absolute atomic E-state index is 3.22. The van der Waals surface area contributed by atoms with Crippen LogP contribution in [0.4, 0.5) is 11.4 Å². The largest absolute Gasteiger partial charge is 0.388 e. The molecule has 78 valence electrons. The quantitative estimate of drug-likeness (QED) is 0.613. The van der Waals surface area contributed by atoms with Crippen LogP contribution >= 0.6 is 21.0 Å². The number of anilines is 2. The van der Waals surface area contributed by atoms with E-state index in [-0.39, 0.29) is 0 Å². The third-order valence-electron chi connectivity index (χ3n) is 2.31. The molecule has 1 aromatic rings. The Morgan fingerprint density at radius 1 is 1.21 bits per heavy atom. The fraction of sp³-hybridized carbons (Fsp3) is 0.400. The Kier molecular flexibility index (Phi) is 4.09. The molecule has 14 heavy (non-hydrogen) atoms. The van der Waals surface area contributed by atoms with E-state index in [2.05, 4.69) is 39.1 Å². The van der Waals surface area contributed by atoms with Crippen LogP contribution in [-0.2, 0) is 0 Å². The zero-order chi connectivity index (χ0) is 10.7. The van der Waals surface area contributed by atoms with Crippen LogP contribution in [0.3, 0.4) is 0 Å². The van der Waals surface area contributed by atoms with Gasteiger partial charge in [-0.2, -0.15) is 0 Å². The molecule has 0 heterocycles. The molecule has 1 unspecified atom stereocenters. The van der Waals surface area contributed by atoms with Crippen LogP contribution in [-0.4, -0.2) is 20.4 Å². The van der Waals surface area contributed by atoms with Crippen molar-refractivity contribution in [2.24, 2.45) is 0 Å². The van der Waals surface area contributed by atoms with Crippen LogP contribution in [0.5, 0.6) is 0 Å². The average molecular weight is 228 g/mol. The van der Waals surface area contributed by atoms with Crippen molar-refractivity contribution in [1.82, 2.24) is 0 Å². The van der Waals surface area contributed by atoms with Crippen molar-refractivity contribution in [1.29, 1.82) is 0 Å². The van der Waals surface area contributed by atoms with Crippen LogP contribution in [0.1, 0.15) is 5.56 Å². The number of thioether (sulfide) groups is 1. The van der Waals surface area contributed by atoms with Gasteiger partial charge >= 0.3 is 0 Å². The smallest absolute Gasteiger partial charge is 0.0499 e. The van der Waals surface area contributed by atoms with Crippen molar-refractivity contribution in [3.05, 3.63) is 11.6 Å². The summed E-state index contributed by atoms with van der Waals surface area (Å²) in [4.78, 5) is 1.32. The van der Waals surface area contributed by atoms with Gasteiger partial charge in [-0.1, -0.05) is 0 Å². The predicted molar refractivity (Wildman–Crippen MR) is 71.4 cm³/mol. The van der Waals surface area contributed by atoms with Crippen molar-refractivity contribution in [3.63, 3.8) is 0 Å². The van der Waals surface area contributed by atoms with E-state index >= 15 is 0 Å². The first-order valence-corrected chi connectivity index (χ1v) is 6.28. The van der Waals surface area contributed by atoms with E-state index in [1.807, 2.05) is 14.1 Å². The minimum Gasteiger partial charge on any atom is -0.388 e. The molecule has 1 aromatic carbocycles. The summed E-state index contributed by atoms with van der Waals surface area (Å²) in [5, 5.41) is 7.66. The maximum atomic E-state index is 3.22. The van der Waals surface area contributed by atoms with Gasteiger partial charge in [0, 0.05) is 30.4 Å². The Bertz CT molecular complexity index is 339. The molecule has 1 atom stereocenters. The van der Waals surface area contributed by atoms with Gasteiger partial charge < -0.3 is 10.6 Å². The molecule has 0 aliphatic carbocycles. The minimum atomic E-state index is 1.16. The van der Waals surface area contributed by atoms with E-state index in [4.69, 9.17) is 0 Å². The number of nitrogens with one attached hydrogen (secondary N) is 2. The Morgan fingerprint density at radius 2 is 1.79 bits per heavy atom. The van der Waals surface area contributed by atoms with E-state index in [1.54, 1.807) is 11.8 Å². The summed E-state index contributed by atoms with van der Waals surface area (Å²) in [5.41, 5.74) is 3.67. The number of hydrogen-bond acceptors (Lipinski definition) is 3. The molecule has 4 heteroatoms. The molecule has 0 aliphatic rings. The van der Waals surface area contributed by atoms with Gasteiger partial charge in [-0.05, 0) is 30.1 Å². The molecule has 0 bridgehead atoms. The van der Waals surface area contributed by atoms with Gasteiger partial charge in [0.1, 0.15) is 0 Å². The molecule has 0 aromatic heterocycles. The highest BCUT2D eigenvalue weighted by atomic mass is 32.2. The van der Waals surface area contributed by atoms with E-state index in [0.29, 0.717) is 0 Å². The van der Waals surface area contributed by atoms with E-state index in [1.165, 1.54) is 21.5 Å². The summed E-state index contributed by atoms with van der Waals surface area (Å²) in [6.45, 7) is 2.15. The van der Waals surface area contributed by atoms with Gasteiger partial charge in [-0.3, -0.25) is 0 Å². The zero-order valence-corrected chi connectivity index (χ0v) is 11.0. The zero-order valence-electron chi connectivity index (χ0n) is 9.06. The monoisotopic (exact) mass is 228 g/mol. The topological polar surface area (TPSA) is 24.1 Å². The molecule has 0 radical (unpaired) electrons. The third-order valence-corrected chi connectivity index (χ3v) is 3.99. The van der Waals surface area contributed by atoms with Crippen LogP contribution < -0.4 is 15.9 Å². The predicted octanol–water partition coefficient (Wildman–Crippen LogP) is 2.30. The average Bonchev–Trinajstić information content (AvgIpc) is 2.21. The Labute approximate surface area is 92.4 Å². The molecule has 0 amide bonds. The highest BCUT2D eigenvalue weighted by Gasteiger charge is 2.09. The second-order valence-corrected chi connectivity index (χ2v) is 4.44. The minimum absolute atomic E-state index is 1.16. The molecular formula is C10H17N2PS. The van der Waals surface area contributed by atoms with Gasteiger partial charge in [0.25, 0.3) is 0 Å². The summed E-state index contributed by atoms with van der Waals surface area (Å²) in [6, 6.07) is 2.14. The lowest BCUT2D eigenvalue weighted by Crippen LogP contribution is -2.09. The van der Waals surface area contributed by atoms with Crippen molar-refractivity contribution in [3.8, 4) is 0 Å². The van der Waals surface area contributed by atoms with E-state index in [9.17, 15) is 0 Å². The van der Waals surface area contributed by atoms with Crippen LogP contribution in [0, 0.1) is 6.92 Å². The Hall–Kier alpha value is -0.400. The highest BCUT2D eigenvalue weighted by molar-refractivity contribution is 7.98. The summed E-state index contributed by atoms with van der Waals surface area (Å²) in [5.74, 6) is 0. The van der Waals surface area contributed by atoms with Gasteiger partial charge in [-0.25, -0.2) is 0 Å². The number of benzene rings is 1. The lowest BCUT2D eigenvalue weighted by Gasteiger charge is -2.16. The molecule has 0 fully saturated rings. The molecule has 0 aliphatic heterocycles. The lowest BCUT2D eigenvalue weighted by molar-refractivity contribution is 1.30. The van der Waals surface area contributed by atoms with Crippen molar-refractivity contribution in [2.45, 2.75) is 11.8 Å². The van der Waals surface area contributed by atoms with Gasteiger partial charge in [0.15, 0.2) is 0 Å². The summed E-state index contributed by atoms with van der Waals surface area (Å²) in [7, 11) is 6.69. The number of hydrogen-bond donors (Lipinski definition) is 2. The maximum Gasteiger partial charge on any atom is 0.0499 e. The van der Waals surface area contributed by atoms with Gasteiger partial charge in [-0.15, -0.1) is 21.0 Å². The highest BCUT2D eigenvalue weighted by Crippen LogP contribution is 2.31. The molecule has 2 N–H and O–H groups in total. The first kappa shape index (κ1) is 11.7.